The lowest BCUT2D eigenvalue weighted by Gasteiger charge is -2.30. The van der Waals surface area contributed by atoms with Crippen LogP contribution in [-0.2, 0) is 17.8 Å². The standard InChI is InChI=1S/C23H30FN3O/c1-18(20-9-13-25-14-10-20)16-23(28)27(15-11-22-4-2-3-12-26-22)17-19-5-7-21(24)8-6-19/h2-8,12,18,20,25H,9-11,13-17H2,1H3. The average molecular weight is 384 g/mol. The first-order valence-electron chi connectivity index (χ1n) is 10.2. The summed E-state index contributed by atoms with van der Waals surface area (Å²) in [6.07, 6.45) is 5.34. The van der Waals surface area contributed by atoms with Gasteiger partial charge in [0.2, 0.25) is 5.91 Å². The molecule has 1 aliphatic heterocycles. The molecule has 1 unspecified atom stereocenters. The van der Waals surface area contributed by atoms with Crippen molar-refractivity contribution in [2.24, 2.45) is 11.8 Å². The Labute approximate surface area is 167 Å². The molecule has 0 saturated carbocycles. The van der Waals surface area contributed by atoms with E-state index in [4.69, 9.17) is 0 Å². The summed E-state index contributed by atoms with van der Waals surface area (Å²) in [5, 5.41) is 3.39. The van der Waals surface area contributed by atoms with E-state index in [-0.39, 0.29) is 11.7 Å². The quantitative estimate of drug-likeness (QED) is 0.754. The van der Waals surface area contributed by atoms with Gasteiger partial charge in [0.05, 0.1) is 0 Å². The number of pyridine rings is 1. The normalized spacial score (nSPS) is 15.9. The molecule has 0 spiro atoms. The van der Waals surface area contributed by atoms with Crippen LogP contribution in [0.25, 0.3) is 0 Å². The lowest BCUT2D eigenvalue weighted by Crippen LogP contribution is -2.36. The second kappa shape index (κ2) is 10.3. The van der Waals surface area contributed by atoms with Crippen molar-refractivity contribution < 1.29 is 9.18 Å². The van der Waals surface area contributed by atoms with Gasteiger partial charge in [-0.1, -0.05) is 25.1 Å². The molecule has 1 fully saturated rings. The molecule has 1 N–H and O–H groups in total. The van der Waals surface area contributed by atoms with Gasteiger partial charge in [0.25, 0.3) is 0 Å². The maximum atomic E-state index is 13.2. The summed E-state index contributed by atoms with van der Waals surface area (Å²) < 4.78 is 13.2. The highest BCUT2D eigenvalue weighted by molar-refractivity contribution is 5.76. The number of nitrogens with one attached hydrogen (secondary N) is 1. The summed E-state index contributed by atoms with van der Waals surface area (Å²) in [6, 6.07) is 12.3. The van der Waals surface area contributed by atoms with Crippen LogP contribution in [0, 0.1) is 17.7 Å². The second-order valence-corrected chi connectivity index (χ2v) is 7.78. The molecular weight excluding hydrogens is 353 g/mol. The van der Waals surface area contributed by atoms with E-state index in [1.807, 2.05) is 23.1 Å². The molecule has 4 nitrogen and oxygen atoms in total. The lowest BCUT2D eigenvalue weighted by molar-refractivity contribution is -0.133. The average Bonchev–Trinajstić information content (AvgIpc) is 2.73. The Hall–Kier alpha value is -2.27. The molecule has 0 bridgehead atoms. The number of hydrogen-bond acceptors (Lipinski definition) is 3. The van der Waals surface area contributed by atoms with E-state index in [0.29, 0.717) is 31.3 Å². The highest BCUT2D eigenvalue weighted by atomic mass is 19.1. The highest BCUT2D eigenvalue weighted by Crippen LogP contribution is 2.25. The van der Waals surface area contributed by atoms with Gasteiger partial charge in [-0.05, 0) is 67.6 Å². The zero-order valence-corrected chi connectivity index (χ0v) is 16.6. The van der Waals surface area contributed by atoms with E-state index in [1.54, 1.807) is 18.3 Å². The third-order valence-electron chi connectivity index (χ3n) is 5.69. The van der Waals surface area contributed by atoms with Gasteiger partial charge in [0.15, 0.2) is 0 Å². The second-order valence-electron chi connectivity index (χ2n) is 7.78. The van der Waals surface area contributed by atoms with Crippen molar-refractivity contribution in [2.75, 3.05) is 19.6 Å². The molecule has 3 rings (SSSR count). The Balaban J connectivity index is 1.64. The first-order chi connectivity index (χ1) is 13.6. The summed E-state index contributed by atoms with van der Waals surface area (Å²) in [4.78, 5) is 19.4. The van der Waals surface area contributed by atoms with Crippen LogP contribution in [0.1, 0.15) is 37.4 Å². The van der Waals surface area contributed by atoms with Crippen molar-refractivity contribution in [3.8, 4) is 0 Å². The van der Waals surface area contributed by atoms with Crippen molar-refractivity contribution in [3.05, 3.63) is 65.7 Å². The van der Waals surface area contributed by atoms with Gasteiger partial charge in [-0.15, -0.1) is 0 Å². The molecule has 150 valence electrons. The molecule has 1 atom stereocenters. The Kier molecular flexibility index (Phi) is 7.54. The van der Waals surface area contributed by atoms with Crippen LogP contribution in [0.4, 0.5) is 4.39 Å². The SMILES string of the molecule is CC(CC(=O)N(CCc1ccccn1)Cc1ccc(F)cc1)C1CCNCC1. The number of hydrogen-bond donors (Lipinski definition) is 1. The van der Waals surface area contributed by atoms with E-state index in [1.165, 1.54) is 12.1 Å². The number of amides is 1. The van der Waals surface area contributed by atoms with Gasteiger partial charge in [-0.3, -0.25) is 9.78 Å². The molecular formula is C23H30FN3O. The summed E-state index contributed by atoms with van der Waals surface area (Å²) in [5.74, 6) is 0.898. The van der Waals surface area contributed by atoms with Gasteiger partial charge in [0.1, 0.15) is 5.82 Å². The first kappa shape index (κ1) is 20.5. The lowest BCUT2D eigenvalue weighted by atomic mass is 9.84. The predicted molar refractivity (Wildman–Crippen MR) is 109 cm³/mol. The smallest absolute Gasteiger partial charge is 0.223 e. The van der Waals surface area contributed by atoms with Crippen molar-refractivity contribution >= 4 is 5.91 Å². The largest absolute Gasteiger partial charge is 0.338 e. The third-order valence-corrected chi connectivity index (χ3v) is 5.69. The van der Waals surface area contributed by atoms with E-state index in [0.717, 1.165) is 43.6 Å². The van der Waals surface area contributed by atoms with Crippen LogP contribution in [-0.4, -0.2) is 35.4 Å². The van der Waals surface area contributed by atoms with Crippen LogP contribution in [0.5, 0.6) is 0 Å². The number of carbonyl (C=O) groups excluding carboxylic acids is 1. The minimum Gasteiger partial charge on any atom is -0.338 e. The van der Waals surface area contributed by atoms with Crippen LogP contribution < -0.4 is 5.32 Å². The highest BCUT2D eigenvalue weighted by Gasteiger charge is 2.24. The molecule has 2 heterocycles. The van der Waals surface area contributed by atoms with E-state index in [2.05, 4.69) is 17.2 Å². The Morgan fingerprint density at radius 1 is 1.21 bits per heavy atom. The minimum atomic E-state index is -0.255. The summed E-state index contributed by atoms with van der Waals surface area (Å²) in [5.41, 5.74) is 1.93. The van der Waals surface area contributed by atoms with Crippen molar-refractivity contribution in [3.63, 3.8) is 0 Å². The molecule has 28 heavy (non-hydrogen) atoms. The van der Waals surface area contributed by atoms with Crippen molar-refractivity contribution in [1.29, 1.82) is 0 Å². The molecule has 0 radical (unpaired) electrons. The van der Waals surface area contributed by atoms with Crippen LogP contribution in [0.3, 0.4) is 0 Å². The number of nitrogens with zero attached hydrogens (tertiary/aromatic N) is 2. The van der Waals surface area contributed by atoms with E-state index < -0.39 is 0 Å². The van der Waals surface area contributed by atoms with Crippen molar-refractivity contribution in [2.45, 2.75) is 39.2 Å². The number of rotatable bonds is 8. The van der Waals surface area contributed by atoms with Crippen LogP contribution in [0.2, 0.25) is 0 Å². The first-order valence-corrected chi connectivity index (χ1v) is 10.2. The number of aromatic nitrogens is 1. The van der Waals surface area contributed by atoms with Crippen LogP contribution in [0.15, 0.2) is 48.7 Å². The Morgan fingerprint density at radius 3 is 2.64 bits per heavy atom. The molecule has 1 saturated heterocycles. The molecule has 0 aliphatic carbocycles. The zero-order chi connectivity index (χ0) is 19.8. The molecule has 1 aliphatic rings. The van der Waals surface area contributed by atoms with Crippen LogP contribution >= 0.6 is 0 Å². The molecule has 5 heteroatoms. The fourth-order valence-electron chi connectivity index (χ4n) is 3.88. The minimum absolute atomic E-state index is 0.172. The summed E-state index contributed by atoms with van der Waals surface area (Å²) in [6.45, 7) is 5.41. The Morgan fingerprint density at radius 2 is 1.96 bits per heavy atom. The maximum absolute atomic E-state index is 13.2. The number of halogens is 1. The molecule has 1 aromatic carbocycles. The van der Waals surface area contributed by atoms with Gasteiger partial charge < -0.3 is 10.2 Å². The molecule has 1 amide bonds. The fourth-order valence-corrected chi connectivity index (χ4v) is 3.88. The summed E-state index contributed by atoms with van der Waals surface area (Å²) >= 11 is 0. The number of piperidine rings is 1. The number of benzene rings is 1. The topological polar surface area (TPSA) is 45.2 Å². The molecule has 1 aromatic heterocycles. The zero-order valence-electron chi connectivity index (χ0n) is 16.6. The van der Waals surface area contributed by atoms with E-state index >= 15 is 0 Å². The van der Waals surface area contributed by atoms with E-state index in [9.17, 15) is 9.18 Å². The van der Waals surface area contributed by atoms with Gasteiger partial charge in [0, 0.05) is 37.8 Å². The fraction of sp³-hybridized carbons (Fsp3) is 0.478. The van der Waals surface area contributed by atoms with Gasteiger partial charge in [-0.25, -0.2) is 4.39 Å². The van der Waals surface area contributed by atoms with Gasteiger partial charge >= 0.3 is 0 Å². The summed E-state index contributed by atoms with van der Waals surface area (Å²) in [7, 11) is 0. The van der Waals surface area contributed by atoms with Gasteiger partial charge in [-0.2, -0.15) is 0 Å². The predicted octanol–water partition coefficient (Wildman–Crippen LogP) is 3.82. The van der Waals surface area contributed by atoms with Crippen molar-refractivity contribution in [1.82, 2.24) is 15.2 Å². The third kappa shape index (κ3) is 6.13. The maximum Gasteiger partial charge on any atom is 0.223 e. The molecule has 2 aromatic rings. The number of carbonyl (C=O) groups is 1. The monoisotopic (exact) mass is 383 g/mol. The Bertz CT molecular complexity index is 729.